The fourth-order valence-electron chi connectivity index (χ4n) is 3.11. The zero-order chi connectivity index (χ0) is 20.4. The summed E-state index contributed by atoms with van der Waals surface area (Å²) in [5.41, 5.74) is 1.43. The number of carbonyl (C=O) groups is 1. The van der Waals surface area contributed by atoms with Gasteiger partial charge in [-0.1, -0.05) is 37.7 Å². The predicted molar refractivity (Wildman–Crippen MR) is 107 cm³/mol. The first-order valence-electron chi connectivity index (χ1n) is 8.90. The number of benzene rings is 1. The van der Waals surface area contributed by atoms with E-state index in [0.29, 0.717) is 39.3 Å². The number of ether oxygens (including phenoxy) is 1. The lowest BCUT2D eigenvalue weighted by Gasteiger charge is -2.28. The molecule has 2 N–H and O–H groups in total. The molecule has 1 atom stereocenters. The van der Waals surface area contributed by atoms with Crippen molar-refractivity contribution in [3.63, 3.8) is 0 Å². The Morgan fingerprint density at radius 1 is 1.32 bits per heavy atom. The molecular formula is C20H22FN3O3S. The lowest BCUT2D eigenvalue weighted by molar-refractivity contribution is -0.136. The van der Waals surface area contributed by atoms with Crippen LogP contribution in [0, 0.1) is 11.7 Å². The lowest BCUT2D eigenvalue weighted by atomic mass is 9.82. The monoisotopic (exact) mass is 403 g/mol. The summed E-state index contributed by atoms with van der Waals surface area (Å²) in [4.78, 5) is 32.8. The Bertz CT molecular complexity index is 983. The van der Waals surface area contributed by atoms with Crippen molar-refractivity contribution < 1.29 is 13.9 Å². The fraction of sp³-hybridized carbons (Fsp3) is 0.350. The number of aromatic amines is 1. The average molecular weight is 403 g/mol. The molecule has 8 heteroatoms. The molecule has 2 aromatic rings. The number of fused-ring (bicyclic) bond motifs is 1. The summed E-state index contributed by atoms with van der Waals surface area (Å²) in [6.07, 6.45) is 0. The van der Waals surface area contributed by atoms with Gasteiger partial charge in [-0.25, -0.2) is 14.2 Å². The molecule has 0 saturated heterocycles. The molecule has 1 aromatic carbocycles. The molecule has 28 heavy (non-hydrogen) atoms. The molecule has 1 aromatic heterocycles. The number of nitrogens with one attached hydrogen (secondary N) is 2. The van der Waals surface area contributed by atoms with Gasteiger partial charge in [-0.05, 0) is 30.5 Å². The third-order valence-electron chi connectivity index (χ3n) is 4.38. The van der Waals surface area contributed by atoms with E-state index in [-0.39, 0.29) is 5.56 Å². The van der Waals surface area contributed by atoms with Crippen LogP contribution >= 0.6 is 11.8 Å². The van der Waals surface area contributed by atoms with Crippen LogP contribution in [0.5, 0.6) is 0 Å². The van der Waals surface area contributed by atoms with Crippen LogP contribution in [0.4, 0.5) is 10.2 Å². The number of hydrogen-bond donors (Lipinski definition) is 2. The van der Waals surface area contributed by atoms with Crippen LogP contribution in [0.15, 0.2) is 45.5 Å². The SMILES string of the molecule is COC(=O)C1=C(C)Nc2nc(SCC(C)C)[nH]c(=O)c2C1c1ccc(F)cc1. The van der Waals surface area contributed by atoms with Crippen molar-refractivity contribution in [3.8, 4) is 0 Å². The minimum absolute atomic E-state index is 0.302. The quantitative estimate of drug-likeness (QED) is 0.450. The zero-order valence-corrected chi connectivity index (χ0v) is 16.9. The molecule has 0 saturated carbocycles. The molecule has 148 valence electrons. The third kappa shape index (κ3) is 3.96. The standard InChI is InChI=1S/C20H22FN3O3S/c1-10(2)9-28-20-23-17-16(18(25)24-20)15(12-5-7-13(21)8-6-12)14(11(3)22-17)19(26)27-4/h5-8,10,15H,9H2,1-4H3,(H2,22,23,24,25). The van der Waals surface area contributed by atoms with E-state index in [1.54, 1.807) is 19.1 Å². The van der Waals surface area contributed by atoms with E-state index >= 15 is 0 Å². The first kappa shape index (κ1) is 20.1. The van der Waals surface area contributed by atoms with E-state index in [4.69, 9.17) is 4.74 Å². The molecule has 0 spiro atoms. The Morgan fingerprint density at radius 2 is 2.00 bits per heavy atom. The van der Waals surface area contributed by atoms with E-state index in [9.17, 15) is 14.0 Å². The van der Waals surface area contributed by atoms with Crippen molar-refractivity contribution in [2.45, 2.75) is 31.8 Å². The van der Waals surface area contributed by atoms with Crippen LogP contribution in [0.3, 0.4) is 0 Å². The lowest BCUT2D eigenvalue weighted by Crippen LogP contribution is -2.31. The molecule has 0 amide bonds. The number of carbonyl (C=O) groups excluding carboxylic acids is 1. The molecule has 1 unspecified atom stereocenters. The Labute approximate surface area is 166 Å². The molecule has 0 aliphatic carbocycles. The summed E-state index contributed by atoms with van der Waals surface area (Å²) >= 11 is 1.46. The smallest absolute Gasteiger partial charge is 0.336 e. The fourth-order valence-corrected chi connectivity index (χ4v) is 3.93. The first-order valence-corrected chi connectivity index (χ1v) is 9.89. The highest BCUT2D eigenvalue weighted by atomic mass is 32.2. The molecule has 3 rings (SSSR count). The van der Waals surface area contributed by atoms with Crippen molar-refractivity contribution >= 4 is 23.5 Å². The van der Waals surface area contributed by atoms with Crippen LogP contribution in [0.1, 0.15) is 37.8 Å². The molecule has 0 bridgehead atoms. The number of nitrogens with zero attached hydrogens (tertiary/aromatic N) is 1. The summed E-state index contributed by atoms with van der Waals surface area (Å²) in [7, 11) is 1.29. The predicted octanol–water partition coefficient (Wildman–Crippen LogP) is 3.66. The van der Waals surface area contributed by atoms with Crippen LogP contribution in [0.25, 0.3) is 0 Å². The van der Waals surface area contributed by atoms with Crippen molar-refractivity contribution in [2.75, 3.05) is 18.2 Å². The third-order valence-corrected chi connectivity index (χ3v) is 5.68. The molecule has 0 radical (unpaired) electrons. The Kier molecular flexibility index (Phi) is 5.88. The maximum atomic E-state index is 13.4. The summed E-state index contributed by atoms with van der Waals surface area (Å²) in [5, 5.41) is 3.58. The number of H-pyrrole nitrogens is 1. The minimum Gasteiger partial charge on any atom is -0.466 e. The second kappa shape index (κ2) is 8.18. The van der Waals surface area contributed by atoms with Crippen LogP contribution in [-0.4, -0.2) is 28.8 Å². The number of rotatable bonds is 5. The van der Waals surface area contributed by atoms with Crippen molar-refractivity contribution in [3.05, 3.63) is 62.8 Å². The number of hydrogen-bond acceptors (Lipinski definition) is 6. The van der Waals surface area contributed by atoms with Crippen molar-refractivity contribution in [1.29, 1.82) is 0 Å². The molecule has 1 aliphatic rings. The Hall–Kier alpha value is -2.61. The number of methoxy groups -OCH3 is 1. The van der Waals surface area contributed by atoms with Gasteiger partial charge in [-0.15, -0.1) is 0 Å². The Balaban J connectivity index is 2.16. The summed E-state index contributed by atoms with van der Waals surface area (Å²) in [6, 6.07) is 5.73. The number of esters is 1. The van der Waals surface area contributed by atoms with E-state index in [0.717, 1.165) is 5.75 Å². The highest BCUT2D eigenvalue weighted by Gasteiger charge is 2.36. The van der Waals surface area contributed by atoms with Crippen molar-refractivity contribution in [2.24, 2.45) is 5.92 Å². The molecule has 6 nitrogen and oxygen atoms in total. The van der Waals surface area contributed by atoms with Crippen LogP contribution < -0.4 is 10.9 Å². The van der Waals surface area contributed by atoms with Gasteiger partial charge < -0.3 is 15.0 Å². The second-order valence-corrected chi connectivity index (χ2v) is 7.99. The average Bonchev–Trinajstić information content (AvgIpc) is 2.65. The van der Waals surface area contributed by atoms with Crippen LogP contribution in [-0.2, 0) is 9.53 Å². The van der Waals surface area contributed by atoms with Gasteiger partial charge in [0, 0.05) is 11.4 Å². The summed E-state index contributed by atoms with van der Waals surface area (Å²) in [5.74, 6) is -0.00272. The molecule has 1 aliphatic heterocycles. The molecule has 2 heterocycles. The maximum absolute atomic E-state index is 13.4. The van der Waals surface area contributed by atoms with Gasteiger partial charge in [0.25, 0.3) is 5.56 Å². The number of anilines is 1. The van der Waals surface area contributed by atoms with Gasteiger partial charge in [-0.3, -0.25) is 4.79 Å². The van der Waals surface area contributed by atoms with E-state index in [2.05, 4.69) is 29.1 Å². The van der Waals surface area contributed by atoms with Gasteiger partial charge >= 0.3 is 5.97 Å². The number of halogens is 1. The summed E-state index contributed by atoms with van der Waals surface area (Å²) in [6.45, 7) is 5.90. The van der Waals surface area contributed by atoms with E-state index in [1.807, 2.05) is 0 Å². The number of aromatic nitrogens is 2. The van der Waals surface area contributed by atoms with Gasteiger partial charge in [0.2, 0.25) is 0 Å². The van der Waals surface area contributed by atoms with Crippen molar-refractivity contribution in [1.82, 2.24) is 9.97 Å². The molecular weight excluding hydrogens is 381 g/mol. The normalized spacial score (nSPS) is 16.0. The number of allylic oxidation sites excluding steroid dienone is 1. The van der Waals surface area contributed by atoms with E-state index in [1.165, 1.54) is 31.0 Å². The minimum atomic E-state index is -0.704. The zero-order valence-electron chi connectivity index (χ0n) is 16.1. The topological polar surface area (TPSA) is 84.1 Å². The van der Waals surface area contributed by atoms with Gasteiger partial charge in [-0.2, -0.15) is 0 Å². The first-order chi connectivity index (χ1) is 13.3. The van der Waals surface area contributed by atoms with Gasteiger partial charge in [0.05, 0.1) is 24.2 Å². The second-order valence-electron chi connectivity index (χ2n) is 6.98. The Morgan fingerprint density at radius 3 is 2.61 bits per heavy atom. The van der Waals surface area contributed by atoms with Gasteiger partial charge in [0.15, 0.2) is 5.16 Å². The number of thioether (sulfide) groups is 1. The maximum Gasteiger partial charge on any atom is 0.336 e. The highest BCUT2D eigenvalue weighted by molar-refractivity contribution is 7.99. The largest absolute Gasteiger partial charge is 0.466 e. The highest BCUT2D eigenvalue weighted by Crippen LogP contribution is 2.40. The van der Waals surface area contributed by atoms with E-state index < -0.39 is 17.7 Å². The van der Waals surface area contributed by atoms with Crippen LogP contribution in [0.2, 0.25) is 0 Å². The molecule has 0 fully saturated rings. The summed E-state index contributed by atoms with van der Waals surface area (Å²) < 4.78 is 18.4. The van der Waals surface area contributed by atoms with Gasteiger partial charge in [0.1, 0.15) is 11.6 Å².